The summed E-state index contributed by atoms with van der Waals surface area (Å²) < 4.78 is 2.85. The molecule has 1 aliphatic heterocycles. The molecule has 0 aliphatic carbocycles. The van der Waals surface area contributed by atoms with Crippen LogP contribution in [0.1, 0.15) is 19.3 Å². The number of fused-ring (bicyclic) bond motifs is 1. The Hall–Kier alpha value is -1.09. The van der Waals surface area contributed by atoms with Crippen LogP contribution in [0, 0.1) is 0 Å². The average molecular weight is 542 g/mol. The molecule has 0 saturated carbocycles. The van der Waals surface area contributed by atoms with Crippen LogP contribution in [0.5, 0.6) is 0 Å². The van der Waals surface area contributed by atoms with Gasteiger partial charge in [-0.05, 0) is 49.6 Å². The molecule has 2 aromatic carbocycles. The van der Waals surface area contributed by atoms with Gasteiger partial charge in [-0.1, -0.05) is 41.6 Å². The summed E-state index contributed by atoms with van der Waals surface area (Å²) in [5.74, 6) is 0.932. The number of halogens is 2. The zero-order valence-electron chi connectivity index (χ0n) is 16.5. The van der Waals surface area contributed by atoms with Crippen molar-refractivity contribution in [3.8, 4) is 5.69 Å². The Balaban J connectivity index is 0.00000240. The predicted octanol–water partition coefficient (Wildman–Crippen LogP) is 1.77. The minimum atomic E-state index is -0.0475. The van der Waals surface area contributed by atoms with Crippen molar-refractivity contribution in [3.05, 3.63) is 63.9 Å². The molecule has 0 radical (unpaired) electrons. The fourth-order valence-corrected chi connectivity index (χ4v) is 5.26. The van der Waals surface area contributed by atoms with E-state index in [4.69, 9.17) is 16.6 Å². The zero-order chi connectivity index (χ0) is 19.6. The molecule has 3 aromatic rings. The Labute approximate surface area is 197 Å². The van der Waals surface area contributed by atoms with Gasteiger partial charge >= 0.3 is 0 Å². The highest BCUT2D eigenvalue weighted by atomic mass is 127. The van der Waals surface area contributed by atoms with Crippen molar-refractivity contribution in [1.82, 2.24) is 9.55 Å². The Morgan fingerprint density at radius 2 is 1.83 bits per heavy atom. The first-order chi connectivity index (χ1) is 13.6. The van der Waals surface area contributed by atoms with E-state index in [2.05, 4.69) is 7.05 Å². The molecule has 2 heterocycles. The second-order valence-corrected chi connectivity index (χ2v) is 9.23. The molecule has 4 nitrogen and oxygen atoms in total. The fourth-order valence-electron chi connectivity index (χ4n) is 3.90. The number of rotatable bonds is 5. The van der Waals surface area contributed by atoms with Crippen molar-refractivity contribution in [3.63, 3.8) is 0 Å². The summed E-state index contributed by atoms with van der Waals surface area (Å²) in [6, 6.07) is 15.0. The van der Waals surface area contributed by atoms with Crippen LogP contribution in [0.15, 0.2) is 58.5 Å². The van der Waals surface area contributed by atoms with Gasteiger partial charge in [0.15, 0.2) is 5.16 Å². The van der Waals surface area contributed by atoms with Crippen molar-refractivity contribution >= 4 is 34.3 Å². The minimum Gasteiger partial charge on any atom is -1.00 e. The lowest BCUT2D eigenvalue weighted by atomic mass is 10.1. The molecule has 7 heteroatoms. The number of piperidine rings is 1. The number of nitrogens with zero attached hydrogens (tertiary/aromatic N) is 3. The molecule has 0 unspecified atom stereocenters. The molecule has 0 bridgehead atoms. The van der Waals surface area contributed by atoms with Gasteiger partial charge in [0.1, 0.15) is 0 Å². The molecule has 1 aliphatic rings. The third-order valence-electron chi connectivity index (χ3n) is 5.57. The summed E-state index contributed by atoms with van der Waals surface area (Å²) in [6.45, 7) is 3.57. The van der Waals surface area contributed by atoms with Crippen LogP contribution < -0.4 is 29.5 Å². The highest BCUT2D eigenvalue weighted by Gasteiger charge is 2.24. The predicted molar refractivity (Wildman–Crippen MR) is 118 cm³/mol. The minimum absolute atomic E-state index is 0. The third kappa shape index (κ3) is 5.16. The molecule has 1 aromatic heterocycles. The van der Waals surface area contributed by atoms with E-state index in [0.717, 1.165) is 27.6 Å². The topological polar surface area (TPSA) is 34.9 Å². The van der Waals surface area contributed by atoms with Crippen LogP contribution in [0.4, 0.5) is 0 Å². The average Bonchev–Trinajstić information content (AvgIpc) is 2.69. The maximum atomic E-state index is 13.3. The highest BCUT2D eigenvalue weighted by Crippen LogP contribution is 2.24. The van der Waals surface area contributed by atoms with Crippen LogP contribution in [-0.4, -0.2) is 46.5 Å². The number of quaternary nitrogens is 1. The van der Waals surface area contributed by atoms with Crippen molar-refractivity contribution in [2.24, 2.45) is 0 Å². The quantitative estimate of drug-likeness (QED) is 0.214. The zero-order valence-corrected chi connectivity index (χ0v) is 20.2. The maximum Gasteiger partial charge on any atom is 0.266 e. The van der Waals surface area contributed by atoms with E-state index >= 15 is 0 Å². The van der Waals surface area contributed by atoms with Crippen LogP contribution in [0.2, 0.25) is 5.02 Å². The second-order valence-electron chi connectivity index (χ2n) is 7.73. The number of thioether (sulfide) groups is 1. The Morgan fingerprint density at radius 1 is 1.10 bits per heavy atom. The first-order valence-electron chi connectivity index (χ1n) is 9.80. The molecule has 29 heavy (non-hydrogen) atoms. The van der Waals surface area contributed by atoms with E-state index in [1.165, 1.54) is 32.4 Å². The van der Waals surface area contributed by atoms with E-state index in [-0.39, 0.29) is 29.5 Å². The summed E-state index contributed by atoms with van der Waals surface area (Å²) in [4.78, 5) is 18.1. The van der Waals surface area contributed by atoms with Crippen molar-refractivity contribution < 1.29 is 28.5 Å². The molecule has 4 rings (SSSR count). The number of hydrogen-bond donors (Lipinski definition) is 0. The number of likely N-dealkylation sites (tertiary alicyclic amines) is 1. The lowest BCUT2D eigenvalue weighted by molar-refractivity contribution is -0.911. The van der Waals surface area contributed by atoms with Crippen molar-refractivity contribution in [2.45, 2.75) is 24.4 Å². The maximum absolute atomic E-state index is 13.3. The van der Waals surface area contributed by atoms with Gasteiger partial charge in [-0.3, -0.25) is 9.36 Å². The molecule has 0 N–H and O–H groups in total. The Kier molecular flexibility index (Phi) is 7.64. The van der Waals surface area contributed by atoms with Crippen molar-refractivity contribution in [1.29, 1.82) is 0 Å². The number of aromatic nitrogens is 2. The fraction of sp³-hybridized carbons (Fsp3) is 0.364. The molecule has 1 fully saturated rings. The number of benzene rings is 2. The largest absolute Gasteiger partial charge is 1.00 e. The van der Waals surface area contributed by atoms with Crippen LogP contribution in [-0.2, 0) is 0 Å². The van der Waals surface area contributed by atoms with Gasteiger partial charge in [0.05, 0.1) is 49.0 Å². The van der Waals surface area contributed by atoms with Crippen LogP contribution in [0.3, 0.4) is 0 Å². The summed E-state index contributed by atoms with van der Waals surface area (Å²) in [5, 5.41) is 1.92. The first kappa shape index (κ1) is 22.6. The summed E-state index contributed by atoms with van der Waals surface area (Å²) in [7, 11) is 2.34. The summed E-state index contributed by atoms with van der Waals surface area (Å²) in [5.41, 5.74) is 1.46. The van der Waals surface area contributed by atoms with E-state index in [1.807, 2.05) is 30.3 Å². The third-order valence-corrected chi connectivity index (χ3v) is 6.73. The van der Waals surface area contributed by atoms with Gasteiger partial charge in [0.2, 0.25) is 0 Å². The molecule has 0 atom stereocenters. The highest BCUT2D eigenvalue weighted by molar-refractivity contribution is 7.99. The monoisotopic (exact) mass is 541 g/mol. The lowest BCUT2D eigenvalue weighted by Gasteiger charge is -2.37. The van der Waals surface area contributed by atoms with Gasteiger partial charge in [-0.2, -0.15) is 0 Å². The van der Waals surface area contributed by atoms with Gasteiger partial charge in [-0.15, -0.1) is 0 Å². The van der Waals surface area contributed by atoms with Gasteiger partial charge < -0.3 is 28.5 Å². The van der Waals surface area contributed by atoms with E-state index < -0.39 is 0 Å². The first-order valence-corrected chi connectivity index (χ1v) is 11.2. The molecular weight excluding hydrogens is 517 g/mol. The number of hydrogen-bond acceptors (Lipinski definition) is 3. The second kappa shape index (κ2) is 9.81. The molecule has 0 spiro atoms. The van der Waals surface area contributed by atoms with Crippen molar-refractivity contribution in [2.75, 3.05) is 32.4 Å². The Bertz CT molecular complexity index is 1040. The van der Waals surface area contributed by atoms with Gasteiger partial charge in [-0.25, -0.2) is 4.98 Å². The molecule has 154 valence electrons. The molecular formula is C22H25ClIN3OS. The Morgan fingerprint density at radius 3 is 2.55 bits per heavy atom. The molecule has 0 amide bonds. The standard InChI is InChI=1S/C22H25ClN3OS.HI/c1-26(12-6-3-7-13-26)14-15-28-22-24-20-16-17(23)10-11-19(20)21(27)25(22)18-8-4-2-5-9-18;/h2,4-5,8-11,16H,3,6-7,12-15H2,1H3;1H/q+1;/p-1. The smallest absolute Gasteiger partial charge is 0.266 e. The van der Waals surface area contributed by atoms with Gasteiger partial charge in [0, 0.05) is 5.02 Å². The SMILES string of the molecule is C[N+]1(CCSc2nc3cc(Cl)ccc3c(=O)n2-c2ccccc2)CCCCC1.[I-]. The summed E-state index contributed by atoms with van der Waals surface area (Å²) in [6.07, 6.45) is 3.97. The van der Waals surface area contributed by atoms with E-state index in [0.29, 0.717) is 15.9 Å². The van der Waals surface area contributed by atoms with Gasteiger partial charge in [0.25, 0.3) is 5.56 Å². The lowest BCUT2D eigenvalue weighted by Crippen LogP contribution is -3.00. The van der Waals surface area contributed by atoms with E-state index in [9.17, 15) is 4.79 Å². The van der Waals surface area contributed by atoms with Crippen LogP contribution >= 0.6 is 23.4 Å². The molecule has 1 saturated heterocycles. The van der Waals surface area contributed by atoms with Crippen LogP contribution in [0.25, 0.3) is 16.6 Å². The van der Waals surface area contributed by atoms with E-state index in [1.54, 1.807) is 34.5 Å². The number of para-hydroxylation sites is 1. The normalized spacial score (nSPS) is 15.8. The summed E-state index contributed by atoms with van der Waals surface area (Å²) >= 11 is 7.81.